The molecule has 0 atom stereocenters. The van der Waals surface area contributed by atoms with Crippen LogP contribution in [0.4, 0.5) is 11.4 Å². The van der Waals surface area contributed by atoms with Crippen LogP contribution in [0.1, 0.15) is 29.3 Å². The van der Waals surface area contributed by atoms with E-state index in [1.54, 1.807) is 0 Å². The summed E-state index contributed by atoms with van der Waals surface area (Å²) in [4.78, 5) is 14.8. The van der Waals surface area contributed by atoms with E-state index in [0.29, 0.717) is 6.54 Å². The molecule has 1 amide bonds. The van der Waals surface area contributed by atoms with Gasteiger partial charge >= 0.3 is 0 Å². The molecule has 1 N–H and O–H groups in total. The maximum absolute atomic E-state index is 12.9. The lowest BCUT2D eigenvalue weighted by atomic mass is 9.96. The number of nitrogens with one attached hydrogen (secondary N) is 1. The Hall–Kier alpha value is -2.29. The fourth-order valence-electron chi connectivity index (χ4n) is 2.91. The van der Waals surface area contributed by atoms with Crippen LogP contribution in [0.5, 0.6) is 0 Å². The van der Waals surface area contributed by atoms with Crippen LogP contribution in [0.25, 0.3) is 0 Å². The molecule has 0 aliphatic carbocycles. The van der Waals surface area contributed by atoms with E-state index >= 15 is 0 Å². The Kier molecular flexibility index (Phi) is 3.91. The molecule has 3 rings (SSSR count). The Morgan fingerprint density at radius 1 is 1.14 bits per heavy atom. The third-order valence-corrected chi connectivity index (χ3v) is 3.95. The van der Waals surface area contributed by atoms with Crippen molar-refractivity contribution in [1.29, 1.82) is 0 Å². The summed E-state index contributed by atoms with van der Waals surface area (Å²) < 4.78 is 0. The SMILES string of the molecule is CCN(C(=O)c1cccc2c1CCCN2)c1ccccc1. The maximum Gasteiger partial charge on any atom is 0.258 e. The minimum absolute atomic E-state index is 0.0873. The van der Waals surface area contributed by atoms with Crippen LogP contribution >= 0.6 is 0 Å². The highest BCUT2D eigenvalue weighted by Gasteiger charge is 2.21. The summed E-state index contributed by atoms with van der Waals surface area (Å²) in [5.41, 5.74) is 4.04. The van der Waals surface area contributed by atoms with Gasteiger partial charge in [-0.2, -0.15) is 0 Å². The molecule has 0 spiro atoms. The number of benzene rings is 2. The summed E-state index contributed by atoms with van der Waals surface area (Å²) in [6.07, 6.45) is 2.05. The topological polar surface area (TPSA) is 32.3 Å². The molecule has 1 aliphatic heterocycles. The second-order valence-electron chi connectivity index (χ2n) is 5.25. The van der Waals surface area contributed by atoms with Crippen molar-refractivity contribution in [1.82, 2.24) is 0 Å². The van der Waals surface area contributed by atoms with E-state index in [1.807, 2.05) is 54.3 Å². The zero-order valence-corrected chi connectivity index (χ0v) is 12.3. The van der Waals surface area contributed by atoms with Gasteiger partial charge < -0.3 is 10.2 Å². The van der Waals surface area contributed by atoms with Crippen LogP contribution in [-0.2, 0) is 6.42 Å². The van der Waals surface area contributed by atoms with Crippen LogP contribution in [0.2, 0.25) is 0 Å². The summed E-state index contributed by atoms with van der Waals surface area (Å²) >= 11 is 0. The number of fused-ring (bicyclic) bond motifs is 1. The Balaban J connectivity index is 1.98. The van der Waals surface area contributed by atoms with E-state index in [2.05, 4.69) is 11.4 Å². The number of carbonyl (C=O) groups excluding carboxylic acids is 1. The number of anilines is 2. The second-order valence-corrected chi connectivity index (χ2v) is 5.25. The largest absolute Gasteiger partial charge is 0.385 e. The molecule has 0 radical (unpaired) electrons. The summed E-state index contributed by atoms with van der Waals surface area (Å²) in [7, 11) is 0. The van der Waals surface area contributed by atoms with E-state index in [0.717, 1.165) is 41.9 Å². The average Bonchev–Trinajstić information content (AvgIpc) is 2.56. The van der Waals surface area contributed by atoms with Gasteiger partial charge in [0.25, 0.3) is 5.91 Å². The molecule has 0 saturated carbocycles. The van der Waals surface area contributed by atoms with Gasteiger partial charge in [-0.25, -0.2) is 0 Å². The second kappa shape index (κ2) is 6.00. The molecule has 3 nitrogen and oxygen atoms in total. The average molecular weight is 280 g/mol. The quantitative estimate of drug-likeness (QED) is 0.929. The van der Waals surface area contributed by atoms with Crippen molar-refractivity contribution in [2.24, 2.45) is 0 Å². The fourth-order valence-corrected chi connectivity index (χ4v) is 2.91. The van der Waals surface area contributed by atoms with E-state index in [-0.39, 0.29) is 5.91 Å². The van der Waals surface area contributed by atoms with Gasteiger partial charge in [0, 0.05) is 30.0 Å². The van der Waals surface area contributed by atoms with Gasteiger partial charge in [-0.15, -0.1) is 0 Å². The Morgan fingerprint density at radius 3 is 2.71 bits per heavy atom. The van der Waals surface area contributed by atoms with Crippen molar-refractivity contribution in [2.45, 2.75) is 19.8 Å². The highest BCUT2D eigenvalue weighted by molar-refractivity contribution is 6.07. The van der Waals surface area contributed by atoms with Gasteiger partial charge in [-0.1, -0.05) is 24.3 Å². The first-order valence-electron chi connectivity index (χ1n) is 7.54. The van der Waals surface area contributed by atoms with Crippen molar-refractivity contribution in [3.8, 4) is 0 Å². The lowest BCUT2D eigenvalue weighted by Gasteiger charge is -2.25. The van der Waals surface area contributed by atoms with Crippen LogP contribution < -0.4 is 10.2 Å². The number of para-hydroxylation sites is 1. The van der Waals surface area contributed by atoms with Crippen LogP contribution in [0.3, 0.4) is 0 Å². The number of rotatable bonds is 3. The molecule has 0 fully saturated rings. The van der Waals surface area contributed by atoms with Crippen LogP contribution in [-0.4, -0.2) is 19.0 Å². The van der Waals surface area contributed by atoms with E-state index in [9.17, 15) is 4.79 Å². The Labute approximate surface area is 125 Å². The molecule has 1 aliphatic rings. The predicted molar refractivity (Wildman–Crippen MR) is 87.0 cm³/mol. The molecule has 108 valence electrons. The minimum atomic E-state index is 0.0873. The molecule has 2 aromatic rings. The smallest absolute Gasteiger partial charge is 0.258 e. The van der Waals surface area contributed by atoms with Gasteiger partial charge in [0.2, 0.25) is 0 Å². The zero-order chi connectivity index (χ0) is 14.7. The van der Waals surface area contributed by atoms with Gasteiger partial charge in [-0.3, -0.25) is 4.79 Å². The Bertz CT molecular complexity index is 637. The number of hydrogen-bond donors (Lipinski definition) is 1. The van der Waals surface area contributed by atoms with Crippen LogP contribution in [0.15, 0.2) is 48.5 Å². The van der Waals surface area contributed by atoms with Gasteiger partial charge in [0.1, 0.15) is 0 Å². The molecule has 1 heterocycles. The lowest BCUT2D eigenvalue weighted by molar-refractivity contribution is 0.0987. The highest BCUT2D eigenvalue weighted by Crippen LogP contribution is 2.27. The lowest BCUT2D eigenvalue weighted by Crippen LogP contribution is -2.32. The van der Waals surface area contributed by atoms with Gasteiger partial charge in [-0.05, 0) is 49.6 Å². The predicted octanol–water partition coefficient (Wildman–Crippen LogP) is 3.71. The summed E-state index contributed by atoms with van der Waals surface area (Å²) in [5.74, 6) is 0.0873. The summed E-state index contributed by atoms with van der Waals surface area (Å²) in [6, 6.07) is 15.8. The van der Waals surface area contributed by atoms with Crippen LogP contribution in [0, 0.1) is 0 Å². The van der Waals surface area contributed by atoms with E-state index in [1.165, 1.54) is 0 Å². The number of hydrogen-bond acceptors (Lipinski definition) is 2. The maximum atomic E-state index is 12.9. The third-order valence-electron chi connectivity index (χ3n) is 3.95. The van der Waals surface area contributed by atoms with E-state index in [4.69, 9.17) is 0 Å². The third kappa shape index (κ3) is 2.64. The first kappa shape index (κ1) is 13.7. The van der Waals surface area contributed by atoms with Crippen molar-refractivity contribution in [3.63, 3.8) is 0 Å². The number of amides is 1. The van der Waals surface area contributed by atoms with Gasteiger partial charge in [0.05, 0.1) is 0 Å². The molecule has 2 aromatic carbocycles. The molecule has 0 saturated heterocycles. The van der Waals surface area contributed by atoms with Crippen molar-refractivity contribution in [2.75, 3.05) is 23.3 Å². The Morgan fingerprint density at radius 2 is 1.95 bits per heavy atom. The molecule has 0 unspecified atom stereocenters. The van der Waals surface area contributed by atoms with E-state index < -0.39 is 0 Å². The van der Waals surface area contributed by atoms with Crippen molar-refractivity contribution in [3.05, 3.63) is 59.7 Å². The van der Waals surface area contributed by atoms with Crippen molar-refractivity contribution >= 4 is 17.3 Å². The molecular formula is C18H20N2O. The number of carbonyl (C=O) groups is 1. The monoisotopic (exact) mass is 280 g/mol. The van der Waals surface area contributed by atoms with Crippen molar-refractivity contribution < 1.29 is 4.79 Å². The first-order chi connectivity index (χ1) is 10.3. The zero-order valence-electron chi connectivity index (χ0n) is 12.3. The minimum Gasteiger partial charge on any atom is -0.385 e. The molecule has 0 aromatic heterocycles. The standard InChI is InChI=1S/C18H20N2O/c1-2-20(14-8-4-3-5-9-14)18(21)16-10-6-12-17-15(16)11-7-13-19-17/h3-6,8-10,12,19H,2,7,11,13H2,1H3. The first-order valence-corrected chi connectivity index (χ1v) is 7.54. The molecule has 3 heteroatoms. The molecular weight excluding hydrogens is 260 g/mol. The fraction of sp³-hybridized carbons (Fsp3) is 0.278. The highest BCUT2D eigenvalue weighted by atomic mass is 16.2. The number of nitrogens with zero attached hydrogens (tertiary/aromatic N) is 1. The molecule has 21 heavy (non-hydrogen) atoms. The summed E-state index contributed by atoms with van der Waals surface area (Å²) in [5, 5.41) is 3.38. The molecule has 0 bridgehead atoms. The summed E-state index contributed by atoms with van der Waals surface area (Å²) in [6.45, 7) is 3.67. The van der Waals surface area contributed by atoms with Gasteiger partial charge in [0.15, 0.2) is 0 Å². The normalized spacial score (nSPS) is 13.2.